The molecule has 150 valence electrons. The lowest BCUT2D eigenvalue weighted by molar-refractivity contribution is -0.131. The lowest BCUT2D eigenvalue weighted by atomic mass is 10.0. The molecule has 6 nitrogen and oxygen atoms in total. The summed E-state index contributed by atoms with van der Waals surface area (Å²) in [6, 6.07) is 5.42. The number of likely N-dealkylation sites (tertiary alicyclic amines) is 1. The number of nitrogens with one attached hydrogen (secondary N) is 1. The Bertz CT molecular complexity index is 902. The molecule has 1 aliphatic heterocycles. The van der Waals surface area contributed by atoms with E-state index in [9.17, 15) is 9.59 Å². The van der Waals surface area contributed by atoms with Crippen LogP contribution >= 0.6 is 23.2 Å². The molecule has 1 N–H and O–H groups in total. The molecule has 0 spiro atoms. The van der Waals surface area contributed by atoms with Gasteiger partial charge in [-0.1, -0.05) is 23.2 Å². The predicted octanol–water partition coefficient (Wildman–Crippen LogP) is 3.47. The Labute approximate surface area is 174 Å². The molecule has 1 aromatic heterocycles. The first-order chi connectivity index (χ1) is 13.3. The summed E-state index contributed by atoms with van der Waals surface area (Å²) in [5.41, 5.74) is 3.36. The van der Waals surface area contributed by atoms with Crippen LogP contribution in [0.15, 0.2) is 18.2 Å². The fourth-order valence-corrected chi connectivity index (χ4v) is 4.13. The number of piperidine rings is 1. The first-order valence-electron chi connectivity index (χ1n) is 9.31. The van der Waals surface area contributed by atoms with Gasteiger partial charge in [0.25, 0.3) is 0 Å². The smallest absolute Gasteiger partial charge is 0.227 e. The van der Waals surface area contributed by atoms with Gasteiger partial charge in [0.2, 0.25) is 11.8 Å². The van der Waals surface area contributed by atoms with Gasteiger partial charge in [0.1, 0.15) is 0 Å². The van der Waals surface area contributed by atoms with Crippen molar-refractivity contribution < 1.29 is 9.59 Å². The fraction of sp³-hybridized carbons (Fsp3) is 0.450. The monoisotopic (exact) mass is 422 g/mol. The van der Waals surface area contributed by atoms with E-state index < -0.39 is 0 Å². The molecule has 1 aromatic carbocycles. The molecule has 0 saturated carbocycles. The van der Waals surface area contributed by atoms with Crippen molar-refractivity contribution in [2.75, 3.05) is 13.1 Å². The Morgan fingerprint density at radius 1 is 1.21 bits per heavy atom. The summed E-state index contributed by atoms with van der Waals surface area (Å²) in [5, 5.41) is 8.59. The van der Waals surface area contributed by atoms with Crippen LogP contribution in [-0.2, 0) is 16.0 Å². The van der Waals surface area contributed by atoms with E-state index in [0.717, 1.165) is 35.5 Å². The van der Waals surface area contributed by atoms with Gasteiger partial charge in [-0.05, 0) is 44.9 Å². The summed E-state index contributed by atoms with van der Waals surface area (Å²) in [4.78, 5) is 25.9. The maximum Gasteiger partial charge on any atom is 0.227 e. The number of benzene rings is 1. The number of hydrogen-bond donors (Lipinski definition) is 1. The molecule has 28 heavy (non-hydrogen) atoms. The van der Waals surface area contributed by atoms with E-state index in [1.807, 2.05) is 24.8 Å². The molecular formula is C20H24Cl2N4O2. The molecule has 0 atom stereocenters. The summed E-state index contributed by atoms with van der Waals surface area (Å²) in [6.45, 7) is 6.67. The van der Waals surface area contributed by atoms with Crippen molar-refractivity contribution in [2.24, 2.45) is 0 Å². The van der Waals surface area contributed by atoms with Crippen LogP contribution in [0.1, 0.15) is 36.7 Å². The molecule has 1 aliphatic rings. The third-order valence-electron chi connectivity index (χ3n) is 5.16. The van der Waals surface area contributed by atoms with E-state index in [1.165, 1.54) is 6.92 Å². The normalized spacial score (nSPS) is 15.0. The third kappa shape index (κ3) is 4.50. The van der Waals surface area contributed by atoms with Crippen LogP contribution in [0.25, 0.3) is 5.69 Å². The maximum absolute atomic E-state index is 12.8. The number of nitrogens with zero attached hydrogens (tertiary/aromatic N) is 3. The number of aromatic nitrogens is 2. The molecule has 0 bridgehead atoms. The van der Waals surface area contributed by atoms with Crippen LogP contribution in [0.4, 0.5) is 0 Å². The largest absolute Gasteiger partial charge is 0.353 e. The quantitative estimate of drug-likeness (QED) is 0.819. The highest BCUT2D eigenvalue weighted by Crippen LogP contribution is 2.27. The number of rotatable bonds is 4. The van der Waals surface area contributed by atoms with Gasteiger partial charge in [-0.3, -0.25) is 9.59 Å². The van der Waals surface area contributed by atoms with E-state index in [1.54, 1.807) is 16.8 Å². The van der Waals surface area contributed by atoms with Gasteiger partial charge in [0.05, 0.1) is 22.8 Å². The number of halogens is 2. The van der Waals surface area contributed by atoms with Gasteiger partial charge >= 0.3 is 0 Å². The highest BCUT2D eigenvalue weighted by atomic mass is 35.5. The molecule has 8 heteroatoms. The van der Waals surface area contributed by atoms with Gasteiger partial charge < -0.3 is 10.2 Å². The zero-order valence-corrected chi connectivity index (χ0v) is 17.8. The number of carbonyl (C=O) groups is 2. The zero-order chi connectivity index (χ0) is 20.4. The minimum absolute atomic E-state index is 0.0238. The third-order valence-corrected chi connectivity index (χ3v) is 5.70. The van der Waals surface area contributed by atoms with Crippen LogP contribution in [0.3, 0.4) is 0 Å². The Morgan fingerprint density at radius 2 is 1.89 bits per heavy atom. The highest BCUT2D eigenvalue weighted by Gasteiger charge is 2.25. The zero-order valence-electron chi connectivity index (χ0n) is 16.3. The second kappa shape index (κ2) is 8.53. The van der Waals surface area contributed by atoms with E-state index in [0.29, 0.717) is 29.6 Å². The van der Waals surface area contributed by atoms with E-state index in [-0.39, 0.29) is 17.9 Å². The first kappa shape index (κ1) is 20.7. The summed E-state index contributed by atoms with van der Waals surface area (Å²) < 4.78 is 1.76. The second-order valence-electron chi connectivity index (χ2n) is 7.19. The van der Waals surface area contributed by atoms with Gasteiger partial charge in [-0.2, -0.15) is 5.10 Å². The Kier molecular flexibility index (Phi) is 6.30. The average Bonchev–Trinajstić information content (AvgIpc) is 2.90. The van der Waals surface area contributed by atoms with Gasteiger partial charge in [0.15, 0.2) is 0 Å². The molecule has 1 fully saturated rings. The van der Waals surface area contributed by atoms with Crippen molar-refractivity contribution in [1.82, 2.24) is 20.0 Å². The van der Waals surface area contributed by atoms with Gasteiger partial charge in [-0.15, -0.1) is 0 Å². The summed E-state index contributed by atoms with van der Waals surface area (Å²) in [6.07, 6.45) is 1.86. The first-order valence-corrected chi connectivity index (χ1v) is 10.1. The van der Waals surface area contributed by atoms with Crippen molar-refractivity contribution in [3.05, 3.63) is 45.2 Å². The van der Waals surface area contributed by atoms with Crippen molar-refractivity contribution in [2.45, 2.75) is 46.1 Å². The molecular weight excluding hydrogens is 399 g/mol. The molecule has 2 heterocycles. The Morgan fingerprint density at radius 3 is 2.50 bits per heavy atom. The average molecular weight is 423 g/mol. The maximum atomic E-state index is 12.8. The van der Waals surface area contributed by atoms with E-state index >= 15 is 0 Å². The van der Waals surface area contributed by atoms with E-state index in [2.05, 4.69) is 10.4 Å². The molecule has 3 rings (SSSR count). The topological polar surface area (TPSA) is 67.2 Å². The van der Waals surface area contributed by atoms with Crippen LogP contribution in [0.5, 0.6) is 0 Å². The summed E-state index contributed by atoms with van der Waals surface area (Å²) in [5.74, 6) is 0.0542. The predicted molar refractivity (Wildman–Crippen MR) is 110 cm³/mol. The fourth-order valence-electron chi connectivity index (χ4n) is 3.64. The van der Waals surface area contributed by atoms with E-state index in [4.69, 9.17) is 23.2 Å². The summed E-state index contributed by atoms with van der Waals surface area (Å²) in [7, 11) is 0. The lowest BCUT2D eigenvalue weighted by Gasteiger charge is -2.32. The number of amides is 2. The summed E-state index contributed by atoms with van der Waals surface area (Å²) >= 11 is 12.3. The Hall–Kier alpha value is -2.05. The van der Waals surface area contributed by atoms with Crippen molar-refractivity contribution in [1.29, 1.82) is 0 Å². The highest BCUT2D eigenvalue weighted by molar-refractivity contribution is 6.35. The van der Waals surface area contributed by atoms with Crippen LogP contribution < -0.4 is 5.32 Å². The number of hydrogen-bond acceptors (Lipinski definition) is 3. The molecule has 0 aliphatic carbocycles. The Balaban J connectivity index is 1.72. The van der Waals surface area contributed by atoms with Crippen LogP contribution in [0, 0.1) is 13.8 Å². The molecule has 2 amide bonds. The van der Waals surface area contributed by atoms with Crippen LogP contribution in [-0.4, -0.2) is 45.6 Å². The second-order valence-corrected chi connectivity index (χ2v) is 8.03. The lowest BCUT2D eigenvalue weighted by Crippen LogP contribution is -2.46. The van der Waals surface area contributed by atoms with Gasteiger partial charge in [0, 0.05) is 42.3 Å². The number of aryl methyl sites for hydroxylation is 1. The number of carbonyl (C=O) groups excluding carboxylic acids is 2. The van der Waals surface area contributed by atoms with Crippen molar-refractivity contribution in [3.63, 3.8) is 0 Å². The SMILES string of the molecule is CC(=O)NC1CCN(C(=O)Cc2c(C)nn(-c3ccc(Cl)cc3Cl)c2C)CC1. The minimum atomic E-state index is -0.0238. The van der Waals surface area contributed by atoms with Crippen LogP contribution in [0.2, 0.25) is 10.0 Å². The molecule has 0 unspecified atom stereocenters. The molecule has 2 aromatic rings. The van der Waals surface area contributed by atoms with Crippen molar-refractivity contribution in [3.8, 4) is 5.69 Å². The molecule has 0 radical (unpaired) electrons. The standard InChI is InChI=1S/C20H24Cl2N4O2/c1-12-17(11-20(28)25-8-6-16(7-9-25)23-14(3)27)13(2)26(24-12)19-5-4-15(21)10-18(19)22/h4-5,10,16H,6-9,11H2,1-3H3,(H,23,27). The van der Waals surface area contributed by atoms with Gasteiger partial charge in [-0.25, -0.2) is 4.68 Å². The van der Waals surface area contributed by atoms with Crippen molar-refractivity contribution >= 4 is 35.0 Å². The molecule has 1 saturated heterocycles. The minimum Gasteiger partial charge on any atom is -0.353 e.